The van der Waals surface area contributed by atoms with E-state index in [9.17, 15) is 0 Å². The van der Waals surface area contributed by atoms with Gasteiger partial charge in [-0.2, -0.15) is 0 Å². The second-order valence-corrected chi connectivity index (χ2v) is 5.21. The molecule has 2 rings (SSSR count). The van der Waals surface area contributed by atoms with Gasteiger partial charge in [0.25, 0.3) is 0 Å². The predicted octanol–water partition coefficient (Wildman–Crippen LogP) is 2.90. The molecule has 1 aromatic rings. The maximum atomic E-state index is 5.83. The fourth-order valence-corrected chi connectivity index (χ4v) is 2.29. The third kappa shape index (κ3) is 2.89. The lowest BCUT2D eigenvalue weighted by molar-refractivity contribution is 0.00761. The van der Waals surface area contributed by atoms with Crippen molar-refractivity contribution in [1.82, 2.24) is 5.32 Å². The molecule has 0 radical (unpaired) electrons. The molecule has 0 aromatic heterocycles. The summed E-state index contributed by atoms with van der Waals surface area (Å²) in [4.78, 5) is 0. The van der Waals surface area contributed by atoms with Gasteiger partial charge in [0.2, 0.25) is 0 Å². The van der Waals surface area contributed by atoms with Gasteiger partial charge in [0.1, 0.15) is 5.60 Å². The van der Waals surface area contributed by atoms with Crippen LogP contribution < -0.4 is 5.32 Å². The fraction of sp³-hybridized carbons (Fsp3) is 0.467. The minimum absolute atomic E-state index is 0.116. The van der Waals surface area contributed by atoms with Gasteiger partial charge in [-0.15, -0.1) is 0 Å². The highest BCUT2D eigenvalue weighted by Gasteiger charge is 2.33. The maximum Gasteiger partial charge on any atom is 0.118 e. The van der Waals surface area contributed by atoms with Crippen LogP contribution in [0.2, 0.25) is 0 Å². The molecule has 1 heterocycles. The van der Waals surface area contributed by atoms with Crippen molar-refractivity contribution >= 4 is 0 Å². The Balaban J connectivity index is 2.07. The third-order valence-electron chi connectivity index (χ3n) is 3.46. The van der Waals surface area contributed by atoms with E-state index in [1.54, 1.807) is 0 Å². The topological polar surface area (TPSA) is 21.3 Å². The summed E-state index contributed by atoms with van der Waals surface area (Å²) in [6.07, 6.45) is 3.98. The van der Waals surface area contributed by atoms with Crippen molar-refractivity contribution in [2.45, 2.75) is 38.3 Å². The lowest BCUT2D eigenvalue weighted by Crippen LogP contribution is -2.48. The molecule has 1 aliphatic rings. The highest BCUT2D eigenvalue weighted by molar-refractivity contribution is 5.23. The molecule has 1 unspecified atom stereocenters. The van der Waals surface area contributed by atoms with Gasteiger partial charge in [0.05, 0.1) is 6.26 Å². The monoisotopic (exact) mass is 231 g/mol. The first-order valence-electron chi connectivity index (χ1n) is 6.19. The van der Waals surface area contributed by atoms with Crippen LogP contribution in [0.3, 0.4) is 0 Å². The van der Waals surface area contributed by atoms with Crippen molar-refractivity contribution in [1.29, 1.82) is 0 Å². The van der Waals surface area contributed by atoms with E-state index in [1.807, 2.05) is 13.3 Å². The summed E-state index contributed by atoms with van der Waals surface area (Å²) in [5.74, 6) is 0. The van der Waals surface area contributed by atoms with Crippen LogP contribution in [-0.2, 0) is 11.2 Å². The molecule has 0 spiro atoms. The summed E-state index contributed by atoms with van der Waals surface area (Å²) in [6, 6.07) is 10.9. The largest absolute Gasteiger partial charge is 0.494 e. The van der Waals surface area contributed by atoms with Crippen LogP contribution in [-0.4, -0.2) is 18.7 Å². The van der Waals surface area contributed by atoms with Crippen LogP contribution in [0.4, 0.5) is 0 Å². The van der Waals surface area contributed by atoms with Crippen LogP contribution in [0.5, 0.6) is 0 Å². The fourth-order valence-electron chi connectivity index (χ4n) is 2.29. The third-order valence-corrected chi connectivity index (χ3v) is 3.46. The molecule has 1 aromatic carbocycles. The lowest BCUT2D eigenvalue weighted by Gasteiger charge is -2.38. The smallest absolute Gasteiger partial charge is 0.118 e. The second-order valence-electron chi connectivity index (χ2n) is 5.21. The highest BCUT2D eigenvalue weighted by atomic mass is 16.5. The summed E-state index contributed by atoms with van der Waals surface area (Å²) in [5, 5.41) is 3.34. The summed E-state index contributed by atoms with van der Waals surface area (Å²) >= 11 is 0. The van der Waals surface area contributed by atoms with Gasteiger partial charge in [0, 0.05) is 6.04 Å². The summed E-state index contributed by atoms with van der Waals surface area (Å²) < 4.78 is 5.83. The molecule has 0 saturated heterocycles. The average Bonchev–Trinajstić information content (AvgIpc) is 2.33. The van der Waals surface area contributed by atoms with E-state index in [0.29, 0.717) is 6.04 Å². The van der Waals surface area contributed by atoms with Crippen LogP contribution in [0, 0.1) is 0 Å². The average molecular weight is 231 g/mol. The molecule has 0 fully saturated rings. The summed E-state index contributed by atoms with van der Waals surface area (Å²) in [5.41, 5.74) is 2.58. The van der Waals surface area contributed by atoms with Crippen LogP contribution in [0.15, 0.2) is 42.2 Å². The van der Waals surface area contributed by atoms with E-state index in [2.05, 4.69) is 49.5 Å². The van der Waals surface area contributed by atoms with Gasteiger partial charge in [-0.1, -0.05) is 30.3 Å². The Morgan fingerprint density at radius 3 is 2.65 bits per heavy atom. The first kappa shape index (κ1) is 12.2. The molecule has 17 heavy (non-hydrogen) atoms. The van der Waals surface area contributed by atoms with Crippen molar-refractivity contribution in [2.24, 2.45) is 0 Å². The van der Waals surface area contributed by atoms with E-state index in [1.165, 1.54) is 11.1 Å². The summed E-state index contributed by atoms with van der Waals surface area (Å²) in [7, 11) is 2.00. The minimum Gasteiger partial charge on any atom is -0.494 e. The van der Waals surface area contributed by atoms with Crippen LogP contribution >= 0.6 is 0 Å². The molecule has 1 aliphatic heterocycles. The van der Waals surface area contributed by atoms with Crippen molar-refractivity contribution in [3.05, 3.63) is 47.7 Å². The van der Waals surface area contributed by atoms with Crippen LogP contribution in [0.1, 0.15) is 25.8 Å². The zero-order valence-corrected chi connectivity index (χ0v) is 10.9. The van der Waals surface area contributed by atoms with Crippen molar-refractivity contribution < 1.29 is 4.74 Å². The van der Waals surface area contributed by atoms with Crippen molar-refractivity contribution in [3.63, 3.8) is 0 Å². The number of hydrogen-bond donors (Lipinski definition) is 1. The standard InChI is InChI=1S/C15H21NO/c1-15(2)14(16-3)10-13(11-17-15)9-12-7-5-4-6-8-12/h4-8,11,14,16H,9-10H2,1-3H3. The minimum atomic E-state index is -0.116. The second kappa shape index (κ2) is 4.92. The Morgan fingerprint density at radius 2 is 2.00 bits per heavy atom. The number of hydrogen-bond acceptors (Lipinski definition) is 2. The number of ether oxygens (including phenoxy) is 1. The predicted molar refractivity (Wildman–Crippen MR) is 70.9 cm³/mol. The van der Waals surface area contributed by atoms with Gasteiger partial charge < -0.3 is 10.1 Å². The SMILES string of the molecule is CNC1CC(Cc2ccccc2)=COC1(C)C. The normalized spacial score (nSPS) is 22.8. The molecule has 0 saturated carbocycles. The Hall–Kier alpha value is -1.28. The van der Waals surface area contributed by atoms with E-state index >= 15 is 0 Å². The Kier molecular flexibility index (Phi) is 3.53. The van der Waals surface area contributed by atoms with Gasteiger partial charge in [0.15, 0.2) is 0 Å². The highest BCUT2D eigenvalue weighted by Crippen LogP contribution is 2.28. The number of nitrogens with one attached hydrogen (secondary N) is 1. The van der Waals surface area contributed by atoms with Gasteiger partial charge in [-0.05, 0) is 44.9 Å². The number of likely N-dealkylation sites (N-methyl/N-ethyl adjacent to an activating group) is 1. The van der Waals surface area contributed by atoms with E-state index in [4.69, 9.17) is 4.74 Å². The van der Waals surface area contributed by atoms with E-state index < -0.39 is 0 Å². The van der Waals surface area contributed by atoms with Gasteiger partial charge in [-0.25, -0.2) is 0 Å². The first-order valence-corrected chi connectivity index (χ1v) is 6.19. The quantitative estimate of drug-likeness (QED) is 0.863. The molecular formula is C15H21NO. The molecule has 0 aliphatic carbocycles. The lowest BCUT2D eigenvalue weighted by atomic mass is 9.88. The summed E-state index contributed by atoms with van der Waals surface area (Å²) in [6.45, 7) is 4.26. The zero-order valence-electron chi connectivity index (χ0n) is 10.9. The number of benzene rings is 1. The zero-order chi connectivity index (χ0) is 12.3. The van der Waals surface area contributed by atoms with Crippen molar-refractivity contribution in [3.8, 4) is 0 Å². The molecule has 1 atom stereocenters. The molecule has 2 heteroatoms. The molecular weight excluding hydrogens is 210 g/mol. The van der Waals surface area contributed by atoms with E-state index in [0.717, 1.165) is 12.8 Å². The van der Waals surface area contributed by atoms with E-state index in [-0.39, 0.29) is 5.60 Å². The van der Waals surface area contributed by atoms with Crippen molar-refractivity contribution in [2.75, 3.05) is 7.05 Å². The molecule has 0 bridgehead atoms. The van der Waals surface area contributed by atoms with Crippen LogP contribution in [0.25, 0.3) is 0 Å². The molecule has 92 valence electrons. The molecule has 2 nitrogen and oxygen atoms in total. The first-order chi connectivity index (χ1) is 8.12. The number of rotatable bonds is 3. The Bertz CT molecular complexity index is 395. The molecule has 1 N–H and O–H groups in total. The molecule has 0 amide bonds. The Labute approximate surface area is 104 Å². The van der Waals surface area contributed by atoms with Gasteiger partial charge in [-0.3, -0.25) is 0 Å². The van der Waals surface area contributed by atoms with Gasteiger partial charge >= 0.3 is 0 Å². The maximum absolute atomic E-state index is 5.83. The Morgan fingerprint density at radius 1 is 1.29 bits per heavy atom.